The maximum Gasteiger partial charge on any atom is 0.422 e. The summed E-state index contributed by atoms with van der Waals surface area (Å²) in [4.78, 5) is 14.1. The molecule has 0 spiro atoms. The van der Waals surface area contributed by atoms with Crippen LogP contribution in [0.2, 0.25) is 5.02 Å². The number of nitrogens with one attached hydrogen (secondary N) is 1. The van der Waals surface area contributed by atoms with Gasteiger partial charge in [-0.1, -0.05) is 11.6 Å². The molecule has 0 bridgehead atoms. The van der Waals surface area contributed by atoms with Crippen molar-refractivity contribution in [2.24, 2.45) is 0 Å². The van der Waals surface area contributed by atoms with Gasteiger partial charge < -0.3 is 14.8 Å². The van der Waals surface area contributed by atoms with Gasteiger partial charge in [0.1, 0.15) is 0 Å². The van der Waals surface area contributed by atoms with Crippen molar-refractivity contribution < 1.29 is 27.8 Å². The normalized spacial score (nSPS) is 14.8. The fraction of sp³-hybridized carbons (Fsp3) is 0.357. The fourth-order valence-electron chi connectivity index (χ4n) is 2.20. The second kappa shape index (κ2) is 5.81. The number of hydrogen-bond donors (Lipinski definition) is 2. The summed E-state index contributed by atoms with van der Waals surface area (Å²) < 4.78 is 44.7. The molecule has 22 heavy (non-hydrogen) atoms. The van der Waals surface area contributed by atoms with E-state index in [1.807, 2.05) is 0 Å². The molecule has 2 rings (SSSR count). The van der Waals surface area contributed by atoms with E-state index >= 15 is 0 Å². The van der Waals surface area contributed by atoms with Crippen LogP contribution >= 0.6 is 11.6 Å². The van der Waals surface area contributed by atoms with Crippen LogP contribution < -0.4 is 0 Å². The summed E-state index contributed by atoms with van der Waals surface area (Å²) in [6.07, 6.45) is -5.27. The van der Waals surface area contributed by atoms with E-state index in [-0.39, 0.29) is 17.0 Å². The Morgan fingerprint density at radius 1 is 1.41 bits per heavy atom. The topological polar surface area (TPSA) is 62.3 Å². The average molecular weight is 336 g/mol. The number of aromatic nitrogens is 1. The smallest absolute Gasteiger partial charge is 0.422 e. The number of halogens is 4. The van der Waals surface area contributed by atoms with E-state index in [0.717, 1.165) is 6.20 Å². The van der Waals surface area contributed by atoms with Gasteiger partial charge in [-0.2, -0.15) is 13.2 Å². The molecule has 0 aliphatic rings. The van der Waals surface area contributed by atoms with Gasteiger partial charge in [0.15, 0.2) is 5.60 Å². The number of carbonyl (C=O) groups is 1. The Kier molecular flexibility index (Phi) is 4.39. The van der Waals surface area contributed by atoms with Crippen molar-refractivity contribution in [3.05, 3.63) is 35.0 Å². The molecule has 0 saturated heterocycles. The predicted molar refractivity (Wildman–Crippen MR) is 74.5 cm³/mol. The Hall–Kier alpha value is -1.73. The fourth-order valence-corrected chi connectivity index (χ4v) is 2.38. The van der Waals surface area contributed by atoms with Gasteiger partial charge in [0.05, 0.1) is 13.0 Å². The van der Waals surface area contributed by atoms with Crippen molar-refractivity contribution in [1.29, 1.82) is 0 Å². The quantitative estimate of drug-likeness (QED) is 0.840. The number of esters is 1. The van der Waals surface area contributed by atoms with Crippen molar-refractivity contribution in [2.45, 2.75) is 25.1 Å². The third-order valence-electron chi connectivity index (χ3n) is 3.26. The first-order valence-electron chi connectivity index (χ1n) is 6.41. The minimum Gasteiger partial charge on any atom is -0.466 e. The highest BCUT2D eigenvalue weighted by molar-refractivity contribution is 6.31. The highest BCUT2D eigenvalue weighted by atomic mass is 35.5. The number of alkyl halides is 3. The minimum absolute atomic E-state index is 0.0769. The van der Waals surface area contributed by atoms with E-state index in [1.54, 1.807) is 0 Å². The number of benzene rings is 1. The lowest BCUT2D eigenvalue weighted by atomic mass is 9.89. The summed E-state index contributed by atoms with van der Waals surface area (Å²) in [5, 5.41) is 10.5. The summed E-state index contributed by atoms with van der Waals surface area (Å²) >= 11 is 5.80. The van der Waals surface area contributed by atoms with Crippen molar-refractivity contribution in [3.8, 4) is 0 Å². The predicted octanol–water partition coefficient (Wildman–Crippen LogP) is 3.52. The molecular formula is C14H13ClF3NO3. The lowest BCUT2D eigenvalue weighted by Gasteiger charge is -2.29. The van der Waals surface area contributed by atoms with Crippen LogP contribution in [0.3, 0.4) is 0 Å². The lowest BCUT2D eigenvalue weighted by molar-refractivity contribution is -0.269. The molecule has 0 aliphatic carbocycles. The molecule has 0 saturated carbocycles. The van der Waals surface area contributed by atoms with Crippen molar-refractivity contribution in [3.63, 3.8) is 0 Å². The number of aromatic amines is 1. The number of aliphatic hydroxyl groups is 1. The molecule has 1 aromatic heterocycles. The van der Waals surface area contributed by atoms with Crippen LogP contribution in [0, 0.1) is 0 Å². The third-order valence-corrected chi connectivity index (χ3v) is 3.50. The van der Waals surface area contributed by atoms with Gasteiger partial charge in [-0.25, -0.2) is 0 Å². The minimum atomic E-state index is -5.06. The highest BCUT2D eigenvalue weighted by Crippen LogP contribution is 2.44. The van der Waals surface area contributed by atoms with Crippen molar-refractivity contribution in [1.82, 2.24) is 4.98 Å². The van der Waals surface area contributed by atoms with E-state index < -0.39 is 29.7 Å². The zero-order chi connectivity index (χ0) is 16.5. The van der Waals surface area contributed by atoms with Gasteiger partial charge in [0, 0.05) is 27.7 Å². The largest absolute Gasteiger partial charge is 0.466 e. The summed E-state index contributed by atoms with van der Waals surface area (Å²) in [6.45, 7) is 1.39. The van der Waals surface area contributed by atoms with Gasteiger partial charge in [-0.3, -0.25) is 4.79 Å². The van der Waals surface area contributed by atoms with Crippen LogP contribution in [0.1, 0.15) is 18.9 Å². The van der Waals surface area contributed by atoms with Crippen LogP contribution in [-0.2, 0) is 15.1 Å². The summed E-state index contributed by atoms with van der Waals surface area (Å²) in [7, 11) is 0. The molecule has 120 valence electrons. The van der Waals surface area contributed by atoms with E-state index in [9.17, 15) is 23.1 Å². The van der Waals surface area contributed by atoms with Crippen LogP contribution in [-0.4, -0.2) is 28.8 Å². The van der Waals surface area contributed by atoms with Gasteiger partial charge in [0.2, 0.25) is 0 Å². The number of rotatable bonds is 4. The number of H-pyrrole nitrogens is 1. The molecule has 2 N–H and O–H groups in total. The maximum atomic E-state index is 13.4. The van der Waals surface area contributed by atoms with Crippen LogP contribution in [0.5, 0.6) is 0 Å². The van der Waals surface area contributed by atoms with E-state index in [1.165, 1.54) is 25.1 Å². The molecular weight excluding hydrogens is 323 g/mol. The van der Waals surface area contributed by atoms with E-state index in [2.05, 4.69) is 9.72 Å². The van der Waals surface area contributed by atoms with Crippen LogP contribution in [0.25, 0.3) is 10.9 Å². The molecule has 8 heteroatoms. The molecule has 0 aliphatic heterocycles. The van der Waals surface area contributed by atoms with E-state index in [4.69, 9.17) is 11.6 Å². The number of fused-ring (bicyclic) bond motifs is 1. The van der Waals surface area contributed by atoms with Gasteiger partial charge in [-0.15, -0.1) is 0 Å². The van der Waals surface area contributed by atoms with Gasteiger partial charge in [-0.05, 0) is 25.1 Å². The first-order valence-corrected chi connectivity index (χ1v) is 6.78. The summed E-state index contributed by atoms with van der Waals surface area (Å²) in [5.74, 6) is -1.14. The lowest BCUT2D eigenvalue weighted by Crippen LogP contribution is -2.44. The maximum absolute atomic E-state index is 13.4. The van der Waals surface area contributed by atoms with Gasteiger partial charge in [0.25, 0.3) is 0 Å². The molecule has 1 unspecified atom stereocenters. The Morgan fingerprint density at radius 2 is 2.09 bits per heavy atom. The zero-order valence-corrected chi connectivity index (χ0v) is 12.3. The SMILES string of the molecule is CCOC(=O)CC(O)(c1c[nH]c2ccc(Cl)cc12)C(F)(F)F. The molecule has 1 heterocycles. The summed E-state index contributed by atoms with van der Waals surface area (Å²) in [6, 6.07) is 4.29. The summed E-state index contributed by atoms with van der Waals surface area (Å²) in [5.41, 5.74) is -3.46. The Morgan fingerprint density at radius 3 is 2.68 bits per heavy atom. The molecule has 1 atom stereocenters. The van der Waals surface area contributed by atoms with Gasteiger partial charge >= 0.3 is 12.1 Å². The van der Waals surface area contributed by atoms with Crippen LogP contribution in [0.4, 0.5) is 13.2 Å². The molecule has 0 amide bonds. The van der Waals surface area contributed by atoms with Crippen LogP contribution in [0.15, 0.2) is 24.4 Å². The second-order valence-corrected chi connectivity index (χ2v) is 5.17. The molecule has 0 radical (unpaired) electrons. The average Bonchev–Trinajstić information content (AvgIpc) is 2.80. The molecule has 4 nitrogen and oxygen atoms in total. The Bertz CT molecular complexity index is 698. The molecule has 1 aromatic carbocycles. The number of carbonyl (C=O) groups excluding carboxylic acids is 1. The molecule has 0 fully saturated rings. The first kappa shape index (κ1) is 16.6. The van der Waals surface area contributed by atoms with Crippen molar-refractivity contribution >= 4 is 28.5 Å². The number of ether oxygens (including phenoxy) is 1. The second-order valence-electron chi connectivity index (χ2n) is 4.73. The zero-order valence-electron chi connectivity index (χ0n) is 11.5. The molecule has 2 aromatic rings. The third kappa shape index (κ3) is 2.91. The highest BCUT2D eigenvalue weighted by Gasteiger charge is 2.57. The first-order chi connectivity index (χ1) is 10.2. The number of hydrogen-bond acceptors (Lipinski definition) is 3. The van der Waals surface area contributed by atoms with Crippen molar-refractivity contribution in [2.75, 3.05) is 6.61 Å². The standard InChI is InChI=1S/C14H13ClF3NO3/c1-2-22-12(20)6-13(21,14(16,17)18)10-7-19-11-4-3-8(15)5-9(10)11/h3-5,7,19,21H,2,6H2,1H3. The van der Waals surface area contributed by atoms with E-state index in [0.29, 0.717) is 5.52 Å². The Balaban J connectivity index is 2.57. The Labute approximate surface area is 128 Å². The monoisotopic (exact) mass is 335 g/mol.